The number of hydrogen-bond donors (Lipinski definition) is 1. The molecule has 0 aliphatic heterocycles. The van der Waals surface area contributed by atoms with Gasteiger partial charge in [0.15, 0.2) is 5.82 Å². The van der Waals surface area contributed by atoms with Gasteiger partial charge >= 0.3 is 0 Å². The van der Waals surface area contributed by atoms with Crippen LogP contribution in [0.25, 0.3) is 11.4 Å². The second-order valence-electron chi connectivity index (χ2n) is 4.08. The van der Waals surface area contributed by atoms with Crippen molar-refractivity contribution in [3.8, 4) is 11.4 Å². The summed E-state index contributed by atoms with van der Waals surface area (Å²) in [7, 11) is 0. The van der Waals surface area contributed by atoms with Crippen molar-refractivity contribution in [1.82, 2.24) is 9.97 Å². The molecule has 2 aromatic rings. The summed E-state index contributed by atoms with van der Waals surface area (Å²) in [5, 5.41) is 3.86. The first-order valence-electron chi connectivity index (χ1n) is 6.21. The zero-order valence-corrected chi connectivity index (χ0v) is 13.2. The molecule has 0 radical (unpaired) electrons. The second kappa shape index (κ2) is 6.35. The van der Waals surface area contributed by atoms with Crippen LogP contribution in [0.3, 0.4) is 0 Å². The van der Waals surface area contributed by atoms with Crippen molar-refractivity contribution in [2.75, 3.05) is 11.9 Å². The number of aromatic nitrogens is 2. The summed E-state index contributed by atoms with van der Waals surface area (Å²) in [6, 6.07) is 7.69. The Morgan fingerprint density at radius 3 is 2.63 bits per heavy atom. The Morgan fingerprint density at radius 1 is 1.21 bits per heavy atom. The molecule has 1 aromatic carbocycles. The van der Waals surface area contributed by atoms with Gasteiger partial charge in [0.25, 0.3) is 0 Å². The van der Waals surface area contributed by atoms with E-state index >= 15 is 0 Å². The number of nitrogens with one attached hydrogen (secondary N) is 1. The first-order chi connectivity index (χ1) is 9.13. The van der Waals surface area contributed by atoms with Crippen LogP contribution in [0.4, 0.5) is 5.82 Å². The molecule has 0 spiro atoms. The Kier molecular flexibility index (Phi) is 4.77. The smallest absolute Gasteiger partial charge is 0.163 e. The molecule has 0 amide bonds. The van der Waals surface area contributed by atoms with Crippen molar-refractivity contribution >= 4 is 33.3 Å². The van der Waals surface area contributed by atoms with Crippen molar-refractivity contribution in [2.24, 2.45) is 0 Å². The van der Waals surface area contributed by atoms with Crippen LogP contribution in [0, 0.1) is 0 Å². The van der Waals surface area contributed by atoms with Crippen molar-refractivity contribution in [1.29, 1.82) is 0 Å². The molecule has 5 heteroatoms. The molecule has 2 rings (SSSR count). The second-order valence-corrected chi connectivity index (χ2v) is 5.40. The lowest BCUT2D eigenvalue weighted by atomic mass is 10.2. The van der Waals surface area contributed by atoms with Gasteiger partial charge in [-0.2, -0.15) is 0 Å². The van der Waals surface area contributed by atoms with E-state index in [1.807, 2.05) is 31.2 Å². The SMILES string of the molecule is CCNc1cc(CC)nc(-c2ccc(Br)cc2Cl)n1. The average molecular weight is 341 g/mol. The molecule has 1 heterocycles. The first-order valence-corrected chi connectivity index (χ1v) is 7.38. The van der Waals surface area contributed by atoms with Gasteiger partial charge in [-0.25, -0.2) is 9.97 Å². The van der Waals surface area contributed by atoms with E-state index in [-0.39, 0.29) is 0 Å². The molecule has 0 saturated carbocycles. The monoisotopic (exact) mass is 339 g/mol. The summed E-state index contributed by atoms with van der Waals surface area (Å²) in [5.41, 5.74) is 1.85. The van der Waals surface area contributed by atoms with Crippen molar-refractivity contribution in [2.45, 2.75) is 20.3 Å². The first kappa shape index (κ1) is 14.3. The molecule has 0 saturated heterocycles. The summed E-state index contributed by atoms with van der Waals surface area (Å²) in [5.74, 6) is 1.50. The van der Waals surface area contributed by atoms with E-state index in [0.29, 0.717) is 10.8 Å². The predicted molar refractivity (Wildman–Crippen MR) is 83.7 cm³/mol. The van der Waals surface area contributed by atoms with Gasteiger partial charge < -0.3 is 5.32 Å². The Morgan fingerprint density at radius 2 is 2.00 bits per heavy atom. The topological polar surface area (TPSA) is 37.8 Å². The Labute approximate surface area is 126 Å². The predicted octanol–water partition coefficient (Wildman–Crippen LogP) is 4.55. The molecule has 0 aliphatic carbocycles. The quantitative estimate of drug-likeness (QED) is 0.887. The maximum atomic E-state index is 6.26. The highest BCUT2D eigenvalue weighted by atomic mass is 79.9. The molecule has 1 N–H and O–H groups in total. The molecule has 100 valence electrons. The van der Waals surface area contributed by atoms with Crippen LogP contribution in [0.2, 0.25) is 5.02 Å². The highest BCUT2D eigenvalue weighted by Crippen LogP contribution is 2.29. The van der Waals surface area contributed by atoms with E-state index < -0.39 is 0 Å². The normalized spacial score (nSPS) is 10.5. The summed E-state index contributed by atoms with van der Waals surface area (Å²) in [6.45, 7) is 4.94. The number of halogens is 2. The fourth-order valence-corrected chi connectivity index (χ4v) is 2.50. The molecule has 0 bridgehead atoms. The third kappa shape index (κ3) is 3.45. The van der Waals surface area contributed by atoms with Gasteiger partial charge in [-0.05, 0) is 31.5 Å². The third-order valence-corrected chi connectivity index (χ3v) is 3.48. The van der Waals surface area contributed by atoms with E-state index in [4.69, 9.17) is 11.6 Å². The van der Waals surface area contributed by atoms with E-state index in [9.17, 15) is 0 Å². The number of nitrogens with zero attached hydrogens (tertiary/aromatic N) is 2. The van der Waals surface area contributed by atoms with Crippen LogP contribution in [0.15, 0.2) is 28.7 Å². The fraction of sp³-hybridized carbons (Fsp3) is 0.286. The van der Waals surface area contributed by atoms with Gasteiger partial charge in [0.05, 0.1) is 5.02 Å². The Hall–Kier alpha value is -1.13. The molecule has 19 heavy (non-hydrogen) atoms. The number of hydrogen-bond acceptors (Lipinski definition) is 3. The summed E-state index contributed by atoms with van der Waals surface area (Å²) in [6.07, 6.45) is 0.863. The zero-order valence-electron chi connectivity index (χ0n) is 10.9. The minimum Gasteiger partial charge on any atom is -0.370 e. The summed E-state index contributed by atoms with van der Waals surface area (Å²) in [4.78, 5) is 9.05. The van der Waals surface area contributed by atoms with Gasteiger partial charge in [0.2, 0.25) is 0 Å². The van der Waals surface area contributed by atoms with Gasteiger partial charge in [-0.1, -0.05) is 34.5 Å². The summed E-state index contributed by atoms with van der Waals surface area (Å²) < 4.78 is 0.944. The zero-order chi connectivity index (χ0) is 13.8. The van der Waals surface area contributed by atoms with Crippen molar-refractivity contribution < 1.29 is 0 Å². The highest BCUT2D eigenvalue weighted by Gasteiger charge is 2.09. The largest absolute Gasteiger partial charge is 0.370 e. The molecule has 3 nitrogen and oxygen atoms in total. The highest BCUT2D eigenvalue weighted by molar-refractivity contribution is 9.10. The Balaban J connectivity index is 2.51. The van der Waals surface area contributed by atoms with Crippen molar-refractivity contribution in [3.05, 3.63) is 39.5 Å². The molecule has 0 fully saturated rings. The lowest BCUT2D eigenvalue weighted by molar-refractivity contribution is 0.998. The van der Waals surface area contributed by atoms with Gasteiger partial charge in [0.1, 0.15) is 5.82 Å². The molecular weight excluding hydrogens is 326 g/mol. The molecule has 1 aromatic heterocycles. The summed E-state index contributed by atoms with van der Waals surface area (Å²) >= 11 is 9.66. The average Bonchev–Trinajstić information content (AvgIpc) is 2.38. The number of aryl methyl sites for hydroxylation is 1. The Bertz CT molecular complexity index is 587. The van der Waals surface area contributed by atoms with Crippen LogP contribution < -0.4 is 5.32 Å². The van der Waals surface area contributed by atoms with Crippen LogP contribution in [0.1, 0.15) is 19.5 Å². The minimum absolute atomic E-state index is 0.644. The lowest BCUT2D eigenvalue weighted by Gasteiger charge is -2.09. The van der Waals surface area contributed by atoms with E-state index in [0.717, 1.165) is 34.5 Å². The van der Waals surface area contributed by atoms with Crippen molar-refractivity contribution in [3.63, 3.8) is 0 Å². The standard InChI is InChI=1S/C14H15BrClN3/c1-3-10-8-13(17-4-2)19-14(18-10)11-6-5-9(15)7-12(11)16/h5-8H,3-4H2,1-2H3,(H,17,18,19). The molecule has 0 aliphatic rings. The van der Waals surface area contributed by atoms with E-state index in [1.165, 1.54) is 0 Å². The van der Waals surface area contributed by atoms with E-state index in [1.54, 1.807) is 0 Å². The van der Waals surface area contributed by atoms with Crippen LogP contribution in [0.5, 0.6) is 0 Å². The molecule has 0 unspecified atom stereocenters. The maximum Gasteiger partial charge on any atom is 0.163 e. The number of anilines is 1. The maximum absolute atomic E-state index is 6.26. The number of rotatable bonds is 4. The fourth-order valence-electron chi connectivity index (χ4n) is 1.74. The van der Waals surface area contributed by atoms with Crippen LogP contribution in [-0.2, 0) is 6.42 Å². The van der Waals surface area contributed by atoms with Crippen LogP contribution in [-0.4, -0.2) is 16.5 Å². The molecular formula is C14H15BrClN3. The third-order valence-electron chi connectivity index (χ3n) is 2.67. The van der Waals surface area contributed by atoms with E-state index in [2.05, 4.69) is 38.1 Å². The van der Waals surface area contributed by atoms with Crippen LogP contribution >= 0.6 is 27.5 Å². The number of benzene rings is 1. The minimum atomic E-state index is 0.644. The van der Waals surface area contributed by atoms with Gasteiger partial charge in [-0.15, -0.1) is 0 Å². The van der Waals surface area contributed by atoms with Gasteiger partial charge in [-0.3, -0.25) is 0 Å². The lowest BCUT2D eigenvalue weighted by Crippen LogP contribution is -2.03. The van der Waals surface area contributed by atoms with Gasteiger partial charge in [0, 0.05) is 28.3 Å². The molecule has 0 atom stereocenters.